The summed E-state index contributed by atoms with van der Waals surface area (Å²) < 4.78 is 44.1. The standard InChI is InChI=1S/C26H23F3N4O3/c27-26(28,29)20-5-2-4-19(16-20)25(35)32-21-6-1-3-18(15-21)7-10-24(34)31-22-8-9-23(30-17-22)33-11-13-36-14-12-33/h1-10,15-17H,11-14H2,(H,31,34)(H,32,35)/b10-7+. The predicted octanol–water partition coefficient (Wildman–Crippen LogP) is 4.84. The Morgan fingerprint density at radius 3 is 2.44 bits per heavy atom. The average molecular weight is 496 g/mol. The Hall–Kier alpha value is -4.18. The van der Waals surface area contributed by atoms with E-state index in [0.717, 1.165) is 31.0 Å². The third kappa shape index (κ3) is 6.70. The van der Waals surface area contributed by atoms with E-state index in [1.54, 1.807) is 42.6 Å². The molecule has 0 radical (unpaired) electrons. The third-order valence-electron chi connectivity index (χ3n) is 5.37. The van der Waals surface area contributed by atoms with Gasteiger partial charge >= 0.3 is 6.18 Å². The zero-order valence-electron chi connectivity index (χ0n) is 19.1. The fourth-order valence-electron chi connectivity index (χ4n) is 3.56. The highest BCUT2D eigenvalue weighted by Gasteiger charge is 2.30. The number of halogens is 3. The van der Waals surface area contributed by atoms with Crippen LogP contribution >= 0.6 is 0 Å². The fourth-order valence-corrected chi connectivity index (χ4v) is 3.56. The van der Waals surface area contributed by atoms with Gasteiger partial charge in [-0.1, -0.05) is 18.2 Å². The van der Waals surface area contributed by atoms with Gasteiger partial charge in [-0.25, -0.2) is 4.98 Å². The number of aromatic nitrogens is 1. The van der Waals surface area contributed by atoms with Crippen LogP contribution in [0.2, 0.25) is 0 Å². The predicted molar refractivity (Wildman–Crippen MR) is 131 cm³/mol. The first-order valence-corrected chi connectivity index (χ1v) is 11.1. The second kappa shape index (κ2) is 11.0. The van der Waals surface area contributed by atoms with Gasteiger partial charge in [0.25, 0.3) is 5.91 Å². The Morgan fingerprint density at radius 2 is 1.72 bits per heavy atom. The molecule has 0 atom stereocenters. The molecule has 1 aliphatic heterocycles. The van der Waals surface area contributed by atoms with Crippen LogP contribution < -0.4 is 15.5 Å². The molecule has 1 aliphatic rings. The van der Waals surface area contributed by atoms with E-state index in [1.165, 1.54) is 18.2 Å². The highest BCUT2D eigenvalue weighted by molar-refractivity contribution is 6.05. The normalized spacial score (nSPS) is 14.0. The topological polar surface area (TPSA) is 83.6 Å². The number of nitrogens with one attached hydrogen (secondary N) is 2. The summed E-state index contributed by atoms with van der Waals surface area (Å²) in [6, 6.07) is 14.4. The molecule has 2 aromatic carbocycles. The molecule has 2 N–H and O–H groups in total. The smallest absolute Gasteiger partial charge is 0.378 e. The van der Waals surface area contributed by atoms with Gasteiger partial charge in [0.15, 0.2) is 0 Å². The number of amides is 2. The van der Waals surface area contributed by atoms with Crippen LogP contribution in [0.15, 0.2) is 72.9 Å². The Morgan fingerprint density at radius 1 is 0.944 bits per heavy atom. The van der Waals surface area contributed by atoms with Crippen LogP contribution in [0.3, 0.4) is 0 Å². The third-order valence-corrected chi connectivity index (χ3v) is 5.37. The van der Waals surface area contributed by atoms with Crippen LogP contribution in [0, 0.1) is 0 Å². The highest BCUT2D eigenvalue weighted by atomic mass is 19.4. The number of hydrogen-bond donors (Lipinski definition) is 2. The Balaban J connectivity index is 1.35. The van der Waals surface area contributed by atoms with E-state index in [4.69, 9.17) is 4.74 Å². The average Bonchev–Trinajstić information content (AvgIpc) is 2.88. The molecule has 0 saturated carbocycles. The molecule has 7 nitrogen and oxygen atoms in total. The molecule has 0 unspecified atom stereocenters. The van der Waals surface area contributed by atoms with E-state index >= 15 is 0 Å². The first-order valence-electron chi connectivity index (χ1n) is 11.1. The highest BCUT2D eigenvalue weighted by Crippen LogP contribution is 2.29. The lowest BCUT2D eigenvalue weighted by Gasteiger charge is -2.27. The summed E-state index contributed by atoms with van der Waals surface area (Å²) >= 11 is 0. The van der Waals surface area contributed by atoms with E-state index in [-0.39, 0.29) is 11.5 Å². The first-order chi connectivity index (χ1) is 17.3. The summed E-state index contributed by atoms with van der Waals surface area (Å²) in [5.74, 6) is -0.224. The lowest BCUT2D eigenvalue weighted by Crippen LogP contribution is -2.36. The van der Waals surface area contributed by atoms with Crippen molar-refractivity contribution < 1.29 is 27.5 Å². The van der Waals surface area contributed by atoms with E-state index in [0.29, 0.717) is 30.2 Å². The minimum atomic E-state index is -4.54. The van der Waals surface area contributed by atoms with Gasteiger partial charge in [-0.3, -0.25) is 9.59 Å². The van der Waals surface area contributed by atoms with Crippen LogP contribution in [-0.4, -0.2) is 43.1 Å². The molecule has 4 rings (SSSR count). The van der Waals surface area contributed by atoms with Crippen LogP contribution in [-0.2, 0) is 15.7 Å². The molecule has 186 valence electrons. The van der Waals surface area contributed by atoms with Gasteiger partial charge in [0.05, 0.1) is 30.7 Å². The van der Waals surface area contributed by atoms with Gasteiger partial charge in [0, 0.05) is 30.4 Å². The van der Waals surface area contributed by atoms with Crippen molar-refractivity contribution in [2.45, 2.75) is 6.18 Å². The molecule has 1 aromatic heterocycles. The Kier molecular flexibility index (Phi) is 7.65. The zero-order chi connectivity index (χ0) is 25.5. The molecule has 0 aliphatic carbocycles. The van der Waals surface area contributed by atoms with E-state index < -0.39 is 17.6 Å². The van der Waals surface area contributed by atoms with Gasteiger partial charge in [-0.15, -0.1) is 0 Å². The van der Waals surface area contributed by atoms with Gasteiger partial charge in [-0.05, 0) is 54.1 Å². The second-order valence-corrected chi connectivity index (χ2v) is 7.99. The largest absolute Gasteiger partial charge is 0.416 e. The zero-order valence-corrected chi connectivity index (χ0v) is 19.1. The van der Waals surface area contributed by atoms with Crippen LogP contribution in [0.25, 0.3) is 6.08 Å². The summed E-state index contributed by atoms with van der Waals surface area (Å²) in [5.41, 5.74) is 0.529. The van der Waals surface area contributed by atoms with E-state index in [9.17, 15) is 22.8 Å². The van der Waals surface area contributed by atoms with Crippen LogP contribution in [0.5, 0.6) is 0 Å². The quantitative estimate of drug-likeness (QED) is 0.477. The first kappa shape index (κ1) is 24.9. The van der Waals surface area contributed by atoms with Crippen molar-refractivity contribution in [2.75, 3.05) is 41.8 Å². The summed E-state index contributed by atoms with van der Waals surface area (Å²) in [6.45, 7) is 2.84. The number of carbonyl (C=O) groups is 2. The van der Waals surface area contributed by atoms with Crippen molar-refractivity contribution in [1.29, 1.82) is 0 Å². The van der Waals surface area contributed by atoms with Crippen molar-refractivity contribution >= 4 is 35.1 Å². The molecule has 10 heteroatoms. The summed E-state index contributed by atoms with van der Waals surface area (Å²) in [5, 5.41) is 5.31. The maximum absolute atomic E-state index is 12.9. The molecule has 1 fully saturated rings. The molecule has 2 amide bonds. The molecule has 3 aromatic rings. The Labute approximate surface area is 205 Å². The van der Waals surface area contributed by atoms with Crippen LogP contribution in [0.4, 0.5) is 30.4 Å². The summed E-state index contributed by atoms with van der Waals surface area (Å²) in [6.07, 6.45) is -0.0582. The molecular weight excluding hydrogens is 473 g/mol. The number of morpholine rings is 1. The number of ether oxygens (including phenoxy) is 1. The lowest BCUT2D eigenvalue weighted by molar-refractivity contribution is -0.137. The van der Waals surface area contributed by atoms with Gasteiger partial charge in [0.1, 0.15) is 5.82 Å². The minimum Gasteiger partial charge on any atom is -0.378 e. The fraction of sp³-hybridized carbons (Fsp3) is 0.192. The van der Waals surface area contributed by atoms with Crippen molar-refractivity contribution in [1.82, 2.24) is 4.98 Å². The molecule has 36 heavy (non-hydrogen) atoms. The maximum atomic E-state index is 12.9. The van der Waals surface area contributed by atoms with Gasteiger partial charge < -0.3 is 20.3 Å². The second-order valence-electron chi connectivity index (χ2n) is 7.99. The van der Waals surface area contributed by atoms with Gasteiger partial charge in [0.2, 0.25) is 5.91 Å². The molecular formula is C26H23F3N4O3. The maximum Gasteiger partial charge on any atom is 0.416 e. The van der Waals surface area contributed by atoms with Crippen molar-refractivity contribution in [2.24, 2.45) is 0 Å². The molecule has 0 spiro atoms. The number of hydrogen-bond acceptors (Lipinski definition) is 5. The lowest BCUT2D eigenvalue weighted by atomic mass is 10.1. The number of benzene rings is 2. The molecule has 1 saturated heterocycles. The van der Waals surface area contributed by atoms with Crippen molar-refractivity contribution in [3.05, 3.63) is 89.6 Å². The molecule has 2 heterocycles. The minimum absolute atomic E-state index is 0.113. The van der Waals surface area contributed by atoms with E-state index in [1.807, 2.05) is 6.07 Å². The number of pyridine rings is 1. The molecule has 0 bridgehead atoms. The van der Waals surface area contributed by atoms with Crippen molar-refractivity contribution in [3.8, 4) is 0 Å². The van der Waals surface area contributed by atoms with Crippen LogP contribution in [0.1, 0.15) is 21.5 Å². The number of rotatable bonds is 6. The SMILES string of the molecule is O=C(/C=C/c1cccc(NC(=O)c2cccc(C(F)(F)F)c2)c1)Nc1ccc(N2CCOCC2)nc1. The number of anilines is 3. The monoisotopic (exact) mass is 496 g/mol. The Bertz CT molecular complexity index is 1250. The summed E-state index contributed by atoms with van der Waals surface area (Å²) in [7, 11) is 0. The number of nitrogens with zero attached hydrogens (tertiary/aromatic N) is 2. The van der Waals surface area contributed by atoms with Crippen molar-refractivity contribution in [3.63, 3.8) is 0 Å². The van der Waals surface area contributed by atoms with E-state index in [2.05, 4.69) is 20.5 Å². The summed E-state index contributed by atoms with van der Waals surface area (Å²) in [4.78, 5) is 31.2. The van der Waals surface area contributed by atoms with Gasteiger partial charge in [-0.2, -0.15) is 13.2 Å². The number of carbonyl (C=O) groups excluding carboxylic acids is 2. The number of alkyl halides is 3.